The zero-order chi connectivity index (χ0) is 6.69. The Bertz CT molecular complexity index is 158. The molecule has 0 radical (unpaired) electrons. The van der Waals surface area contributed by atoms with Gasteiger partial charge in [0, 0.05) is 18.7 Å². The number of hydrogen-bond donors (Lipinski definition) is 2. The molecule has 0 spiro atoms. The summed E-state index contributed by atoms with van der Waals surface area (Å²) in [5.41, 5.74) is 8.98. The molecule has 0 aliphatic carbocycles. The number of aliphatic imine (C=N–C) groups is 1. The van der Waals surface area contributed by atoms with Gasteiger partial charge in [-0.15, -0.1) is 0 Å². The summed E-state index contributed by atoms with van der Waals surface area (Å²) >= 11 is 0. The van der Waals surface area contributed by atoms with Crippen molar-refractivity contribution in [3.05, 3.63) is 0 Å². The Morgan fingerprint density at radius 2 is 2.44 bits per heavy atom. The summed E-state index contributed by atoms with van der Waals surface area (Å²) in [5, 5.41) is 3.92. The molecule has 0 aromatic carbocycles. The van der Waals surface area contributed by atoms with Gasteiger partial charge in [-0.3, -0.25) is 4.99 Å². The Balaban J connectivity index is 2.58. The third-order valence-corrected chi connectivity index (χ3v) is 1.12. The van der Waals surface area contributed by atoms with Gasteiger partial charge in [-0.2, -0.15) is 5.10 Å². The first-order valence-corrected chi connectivity index (χ1v) is 2.88. The fraction of sp³-hybridized carbons (Fsp3) is 0.600. The SMILES string of the molecule is CC1=NNC(N)=NCC1. The summed E-state index contributed by atoms with van der Waals surface area (Å²) in [7, 11) is 0. The molecule has 4 heteroatoms. The van der Waals surface area contributed by atoms with Crippen molar-refractivity contribution in [2.24, 2.45) is 15.8 Å². The van der Waals surface area contributed by atoms with Crippen LogP contribution in [0.15, 0.2) is 10.1 Å². The van der Waals surface area contributed by atoms with Gasteiger partial charge < -0.3 is 5.73 Å². The van der Waals surface area contributed by atoms with E-state index < -0.39 is 0 Å². The topological polar surface area (TPSA) is 62.8 Å². The molecule has 0 saturated carbocycles. The van der Waals surface area contributed by atoms with Gasteiger partial charge in [0.05, 0.1) is 0 Å². The number of hydrogen-bond acceptors (Lipinski definition) is 4. The Hall–Kier alpha value is -1.06. The maximum Gasteiger partial charge on any atom is 0.209 e. The minimum atomic E-state index is 0.409. The third-order valence-electron chi connectivity index (χ3n) is 1.12. The molecular formula is C5H10N4. The number of rotatable bonds is 0. The molecule has 0 fully saturated rings. The summed E-state index contributed by atoms with van der Waals surface area (Å²) in [6.45, 7) is 2.69. The van der Waals surface area contributed by atoms with Crippen LogP contribution in [0.5, 0.6) is 0 Å². The zero-order valence-corrected chi connectivity index (χ0v) is 5.39. The Morgan fingerprint density at radius 1 is 1.67 bits per heavy atom. The Kier molecular flexibility index (Phi) is 1.67. The van der Waals surface area contributed by atoms with Crippen LogP contribution in [0.1, 0.15) is 13.3 Å². The van der Waals surface area contributed by atoms with Gasteiger partial charge in [0.2, 0.25) is 5.96 Å². The van der Waals surface area contributed by atoms with Crippen LogP contribution in [0.2, 0.25) is 0 Å². The second-order valence-electron chi connectivity index (χ2n) is 1.98. The van der Waals surface area contributed by atoms with Crippen LogP contribution >= 0.6 is 0 Å². The molecule has 4 nitrogen and oxygen atoms in total. The molecule has 1 heterocycles. The number of nitrogens with two attached hydrogens (primary N) is 1. The van der Waals surface area contributed by atoms with Gasteiger partial charge in [0.25, 0.3) is 0 Å². The van der Waals surface area contributed by atoms with E-state index in [0.717, 1.165) is 18.7 Å². The van der Waals surface area contributed by atoms with Crippen molar-refractivity contribution in [1.29, 1.82) is 0 Å². The monoisotopic (exact) mass is 126 g/mol. The highest BCUT2D eigenvalue weighted by molar-refractivity contribution is 5.86. The van der Waals surface area contributed by atoms with Crippen molar-refractivity contribution in [1.82, 2.24) is 5.43 Å². The van der Waals surface area contributed by atoms with E-state index >= 15 is 0 Å². The molecule has 0 aromatic rings. The molecule has 3 N–H and O–H groups in total. The molecule has 0 bridgehead atoms. The molecule has 50 valence electrons. The van der Waals surface area contributed by atoms with Gasteiger partial charge in [-0.05, 0) is 6.92 Å². The van der Waals surface area contributed by atoms with Crippen molar-refractivity contribution < 1.29 is 0 Å². The Morgan fingerprint density at radius 3 is 3.22 bits per heavy atom. The number of hydrazone groups is 1. The third kappa shape index (κ3) is 1.71. The maximum atomic E-state index is 5.33. The first kappa shape index (κ1) is 6.07. The first-order chi connectivity index (χ1) is 4.29. The molecule has 0 aromatic heterocycles. The zero-order valence-electron chi connectivity index (χ0n) is 5.39. The summed E-state index contributed by atoms with van der Waals surface area (Å²) in [5.74, 6) is 0.409. The lowest BCUT2D eigenvalue weighted by molar-refractivity contribution is 1.01. The number of nitrogens with one attached hydrogen (secondary N) is 1. The minimum absolute atomic E-state index is 0.409. The largest absolute Gasteiger partial charge is 0.369 e. The van der Waals surface area contributed by atoms with E-state index in [4.69, 9.17) is 5.73 Å². The van der Waals surface area contributed by atoms with Gasteiger partial charge in [0.15, 0.2) is 0 Å². The molecule has 1 rings (SSSR count). The molecule has 0 atom stereocenters. The second-order valence-corrected chi connectivity index (χ2v) is 1.98. The van der Waals surface area contributed by atoms with E-state index in [1.54, 1.807) is 0 Å². The average molecular weight is 126 g/mol. The average Bonchev–Trinajstić information content (AvgIpc) is 1.97. The molecule has 0 unspecified atom stereocenters. The quantitative estimate of drug-likeness (QED) is 0.467. The second kappa shape index (κ2) is 2.48. The van der Waals surface area contributed by atoms with Crippen molar-refractivity contribution in [2.75, 3.05) is 6.54 Å². The van der Waals surface area contributed by atoms with Crippen molar-refractivity contribution in [3.63, 3.8) is 0 Å². The molecule has 1 aliphatic rings. The van der Waals surface area contributed by atoms with Crippen LogP contribution in [0.3, 0.4) is 0 Å². The van der Waals surface area contributed by atoms with Gasteiger partial charge >= 0.3 is 0 Å². The van der Waals surface area contributed by atoms with Crippen LogP contribution in [0.4, 0.5) is 0 Å². The minimum Gasteiger partial charge on any atom is -0.369 e. The van der Waals surface area contributed by atoms with Gasteiger partial charge in [0.1, 0.15) is 0 Å². The van der Waals surface area contributed by atoms with E-state index in [9.17, 15) is 0 Å². The predicted molar refractivity (Wildman–Crippen MR) is 37.4 cm³/mol. The highest BCUT2D eigenvalue weighted by Gasteiger charge is 1.96. The predicted octanol–water partition coefficient (Wildman–Crippen LogP) is -0.330. The first-order valence-electron chi connectivity index (χ1n) is 2.88. The molecule has 9 heavy (non-hydrogen) atoms. The van der Waals surface area contributed by atoms with Crippen LogP contribution in [0, 0.1) is 0 Å². The van der Waals surface area contributed by atoms with E-state index in [2.05, 4.69) is 15.5 Å². The van der Waals surface area contributed by atoms with Crippen molar-refractivity contribution in [2.45, 2.75) is 13.3 Å². The summed E-state index contributed by atoms with van der Waals surface area (Å²) < 4.78 is 0. The molecule has 0 saturated heterocycles. The highest BCUT2D eigenvalue weighted by atomic mass is 15.4. The standard InChI is InChI=1S/C5H10N4/c1-4-2-3-7-5(6)9-8-4/h2-3H2,1H3,(H3,6,7,9). The van der Waals surface area contributed by atoms with E-state index in [1.807, 2.05) is 6.92 Å². The lowest BCUT2D eigenvalue weighted by atomic mass is 10.3. The van der Waals surface area contributed by atoms with Gasteiger partial charge in [-0.1, -0.05) is 0 Å². The van der Waals surface area contributed by atoms with E-state index in [1.165, 1.54) is 0 Å². The Labute approximate surface area is 53.8 Å². The lowest BCUT2D eigenvalue weighted by Gasteiger charge is -1.92. The molecular weight excluding hydrogens is 116 g/mol. The van der Waals surface area contributed by atoms with E-state index in [-0.39, 0.29) is 0 Å². The number of guanidine groups is 1. The maximum absolute atomic E-state index is 5.33. The molecule has 0 amide bonds. The summed E-state index contributed by atoms with van der Waals surface area (Å²) in [6, 6.07) is 0. The normalized spacial score (nSPS) is 19.2. The number of nitrogens with zero attached hydrogens (tertiary/aromatic N) is 2. The summed E-state index contributed by atoms with van der Waals surface area (Å²) in [6.07, 6.45) is 0.897. The summed E-state index contributed by atoms with van der Waals surface area (Å²) in [4.78, 5) is 3.94. The van der Waals surface area contributed by atoms with E-state index in [0.29, 0.717) is 5.96 Å². The van der Waals surface area contributed by atoms with Crippen LogP contribution < -0.4 is 11.2 Å². The van der Waals surface area contributed by atoms with Crippen LogP contribution in [0.25, 0.3) is 0 Å². The smallest absolute Gasteiger partial charge is 0.209 e. The van der Waals surface area contributed by atoms with Crippen LogP contribution in [-0.4, -0.2) is 18.2 Å². The van der Waals surface area contributed by atoms with Crippen LogP contribution in [-0.2, 0) is 0 Å². The van der Waals surface area contributed by atoms with Crippen molar-refractivity contribution in [3.8, 4) is 0 Å². The molecule has 1 aliphatic heterocycles. The van der Waals surface area contributed by atoms with Crippen molar-refractivity contribution >= 4 is 11.7 Å². The fourth-order valence-corrected chi connectivity index (χ4v) is 0.582. The fourth-order valence-electron chi connectivity index (χ4n) is 0.582. The highest BCUT2D eigenvalue weighted by Crippen LogP contribution is 1.89. The van der Waals surface area contributed by atoms with Gasteiger partial charge in [-0.25, -0.2) is 5.43 Å². The lowest BCUT2D eigenvalue weighted by Crippen LogP contribution is -2.26.